The fourth-order valence-corrected chi connectivity index (χ4v) is 7.89. The van der Waals surface area contributed by atoms with E-state index in [0.717, 1.165) is 0 Å². The van der Waals surface area contributed by atoms with Crippen LogP contribution in [0, 0.1) is 0 Å². The highest BCUT2D eigenvalue weighted by molar-refractivity contribution is 5.98. The third-order valence-corrected chi connectivity index (χ3v) is 11.3. The van der Waals surface area contributed by atoms with Gasteiger partial charge in [0.1, 0.15) is 54.4 Å². The van der Waals surface area contributed by atoms with Crippen molar-refractivity contribution in [3.8, 4) is 0 Å². The van der Waals surface area contributed by atoms with Gasteiger partial charge in [-0.3, -0.25) is 14.4 Å². The minimum Gasteiger partial charge on any atom is -0.460 e. The summed E-state index contributed by atoms with van der Waals surface area (Å²) in [7, 11) is 0. The van der Waals surface area contributed by atoms with Crippen LogP contribution in [-0.4, -0.2) is 147 Å². The first-order valence-electron chi connectivity index (χ1n) is 22.1. The van der Waals surface area contributed by atoms with Gasteiger partial charge in [-0.1, -0.05) is 84.9 Å². The van der Waals surface area contributed by atoms with E-state index in [4.69, 9.17) is 28.4 Å². The summed E-state index contributed by atoms with van der Waals surface area (Å²) in [6.07, 6.45) is -6.88. The standard InChI is InChI=1S/C49H60N2O16/c1-28(54)39(45(60)50-34(26-52)21-22-38(55)66-48(2,3)4)51-44(59)31-24-35(43-36(25-31)65-49(67-43,32-13-7-5-8-14-32)33-15-9-6-10-16-33)63-46(61)30-19-17-29(18-20-30)12-11-23-62-47-42(58)41(57)40(56)37(27-53)64-47/h5-20,25,28,34-37,39-43,47,52-54,56-58H,21-24,26-27H2,1-4H3,(H,50,60)(H,51,59)/t28-,34-,35+,36+,37+,39+,40-,41-,42+,43-,47-/m0/s1. The SMILES string of the molecule is C[C@H](O)[C@@H](NC(=O)C1=C[C@H]2OC(c3ccccc3)(c3ccccc3)O[C@H]2[C@H](OC(=O)c2ccc(C=CCO[C@H]3O[C@H](CO)[C@H](O)[C@H](O)[C@H]3O)cc2)C1)C(=O)N[C@H](CO)CCC(=O)OC(C)(C)C. The van der Waals surface area contributed by atoms with Gasteiger partial charge in [-0.25, -0.2) is 4.79 Å². The lowest BCUT2D eigenvalue weighted by molar-refractivity contribution is -0.298. The van der Waals surface area contributed by atoms with Crippen molar-refractivity contribution in [2.45, 2.75) is 126 Å². The van der Waals surface area contributed by atoms with Gasteiger partial charge in [0.05, 0.1) is 37.5 Å². The van der Waals surface area contributed by atoms with E-state index in [1.165, 1.54) is 19.1 Å². The van der Waals surface area contributed by atoms with E-state index in [1.54, 1.807) is 51.1 Å². The first-order chi connectivity index (χ1) is 31.9. The quantitative estimate of drug-likeness (QED) is 0.0841. The molecule has 1 aliphatic carbocycles. The molecule has 0 radical (unpaired) electrons. The lowest BCUT2D eigenvalue weighted by Gasteiger charge is -2.39. The van der Waals surface area contributed by atoms with Crippen molar-refractivity contribution < 1.29 is 78.2 Å². The van der Waals surface area contributed by atoms with Crippen LogP contribution in [0.1, 0.15) is 74.0 Å². The molecule has 2 fully saturated rings. The zero-order chi connectivity index (χ0) is 48.5. The monoisotopic (exact) mass is 932 g/mol. The summed E-state index contributed by atoms with van der Waals surface area (Å²) in [6, 6.07) is 22.3. The zero-order valence-electron chi connectivity index (χ0n) is 37.7. The van der Waals surface area contributed by atoms with E-state index in [9.17, 15) is 49.8 Å². The van der Waals surface area contributed by atoms with Gasteiger partial charge < -0.3 is 69.7 Å². The number of carbonyl (C=O) groups is 4. The van der Waals surface area contributed by atoms with E-state index in [0.29, 0.717) is 16.7 Å². The Kier molecular flexibility index (Phi) is 17.2. The lowest BCUT2D eigenvalue weighted by atomic mass is 9.91. The van der Waals surface area contributed by atoms with Crippen molar-refractivity contribution in [2.24, 2.45) is 0 Å². The van der Waals surface area contributed by atoms with Gasteiger partial charge in [0.25, 0.3) is 0 Å². The van der Waals surface area contributed by atoms with Crippen LogP contribution in [0.5, 0.6) is 0 Å². The molecule has 2 saturated heterocycles. The number of fused-ring (bicyclic) bond motifs is 1. The lowest BCUT2D eigenvalue weighted by Crippen LogP contribution is -2.59. The summed E-state index contributed by atoms with van der Waals surface area (Å²) >= 11 is 0. The van der Waals surface area contributed by atoms with Crippen molar-refractivity contribution in [1.82, 2.24) is 10.6 Å². The molecular weight excluding hydrogens is 873 g/mol. The highest BCUT2D eigenvalue weighted by Crippen LogP contribution is 2.47. The third kappa shape index (κ3) is 12.8. The maximum Gasteiger partial charge on any atom is 0.338 e. The fourth-order valence-electron chi connectivity index (χ4n) is 7.89. The summed E-state index contributed by atoms with van der Waals surface area (Å²) in [5.74, 6) is -4.33. The third-order valence-electron chi connectivity index (χ3n) is 11.3. The first-order valence-corrected chi connectivity index (χ1v) is 22.1. The Bertz CT molecular complexity index is 2150. The molecule has 0 aromatic heterocycles. The molecule has 6 rings (SSSR count). The fraction of sp³-hybridized carbons (Fsp3) is 0.469. The number of amides is 2. The summed E-state index contributed by atoms with van der Waals surface area (Å²) in [5.41, 5.74) is 1.45. The molecule has 3 aromatic rings. The van der Waals surface area contributed by atoms with Crippen LogP contribution >= 0.6 is 0 Å². The van der Waals surface area contributed by atoms with E-state index >= 15 is 0 Å². The molecule has 362 valence electrons. The van der Waals surface area contributed by atoms with Crippen LogP contribution in [0.3, 0.4) is 0 Å². The van der Waals surface area contributed by atoms with Gasteiger partial charge in [-0.2, -0.15) is 0 Å². The molecule has 8 N–H and O–H groups in total. The smallest absolute Gasteiger partial charge is 0.338 e. The molecule has 0 unspecified atom stereocenters. The minimum absolute atomic E-state index is 0.0315. The number of aliphatic hydroxyl groups is 6. The van der Waals surface area contributed by atoms with Gasteiger partial charge in [-0.15, -0.1) is 0 Å². The Morgan fingerprint density at radius 2 is 1.51 bits per heavy atom. The first kappa shape index (κ1) is 51.0. The number of nitrogens with one attached hydrogen (secondary N) is 2. The summed E-state index contributed by atoms with van der Waals surface area (Å²) in [5, 5.41) is 65.6. The largest absolute Gasteiger partial charge is 0.460 e. The molecule has 2 heterocycles. The number of hydrogen-bond acceptors (Lipinski definition) is 16. The van der Waals surface area contributed by atoms with Gasteiger partial charge in [0.15, 0.2) is 6.29 Å². The summed E-state index contributed by atoms with van der Waals surface area (Å²) < 4.78 is 35.9. The number of hydrogen-bond donors (Lipinski definition) is 8. The highest BCUT2D eigenvalue weighted by atomic mass is 16.8. The molecule has 2 aliphatic heterocycles. The number of benzene rings is 3. The van der Waals surface area contributed by atoms with Crippen LogP contribution in [0.15, 0.2) is 103 Å². The van der Waals surface area contributed by atoms with Gasteiger partial charge >= 0.3 is 11.9 Å². The molecule has 18 nitrogen and oxygen atoms in total. The molecular formula is C49H60N2O16. The average Bonchev–Trinajstić information content (AvgIpc) is 3.72. The number of rotatable bonds is 18. The molecule has 3 aromatic carbocycles. The highest BCUT2D eigenvalue weighted by Gasteiger charge is 2.55. The van der Waals surface area contributed by atoms with Crippen molar-refractivity contribution >= 4 is 29.8 Å². The summed E-state index contributed by atoms with van der Waals surface area (Å²) in [4.78, 5) is 53.9. The van der Waals surface area contributed by atoms with E-state index in [-0.39, 0.29) is 37.0 Å². The molecule has 0 spiro atoms. The average molecular weight is 933 g/mol. The zero-order valence-corrected chi connectivity index (χ0v) is 37.7. The normalized spacial score (nSPS) is 26.1. The maximum absolute atomic E-state index is 14.1. The van der Waals surface area contributed by atoms with Crippen LogP contribution in [0.25, 0.3) is 6.08 Å². The van der Waals surface area contributed by atoms with Crippen molar-refractivity contribution in [3.63, 3.8) is 0 Å². The minimum atomic E-state index is -1.58. The predicted octanol–water partition coefficient (Wildman–Crippen LogP) is 1.52. The second-order valence-electron chi connectivity index (χ2n) is 17.6. The van der Waals surface area contributed by atoms with Crippen molar-refractivity contribution in [3.05, 3.63) is 125 Å². The van der Waals surface area contributed by atoms with E-state index in [1.807, 2.05) is 60.7 Å². The molecule has 67 heavy (non-hydrogen) atoms. The summed E-state index contributed by atoms with van der Waals surface area (Å²) in [6.45, 7) is 5.28. The van der Waals surface area contributed by atoms with E-state index < -0.39 is 116 Å². The maximum atomic E-state index is 14.1. The second-order valence-corrected chi connectivity index (χ2v) is 17.6. The van der Waals surface area contributed by atoms with Gasteiger partial charge in [0, 0.05) is 29.5 Å². The van der Waals surface area contributed by atoms with Crippen LogP contribution < -0.4 is 10.6 Å². The molecule has 18 heteroatoms. The van der Waals surface area contributed by atoms with Gasteiger partial charge in [0.2, 0.25) is 17.6 Å². The van der Waals surface area contributed by atoms with Crippen LogP contribution in [0.4, 0.5) is 0 Å². The topological polar surface area (TPSA) is 269 Å². The molecule has 11 atom stereocenters. The number of carbonyl (C=O) groups excluding carboxylic acids is 4. The Morgan fingerprint density at radius 1 is 0.866 bits per heavy atom. The Morgan fingerprint density at radius 3 is 2.09 bits per heavy atom. The molecule has 0 bridgehead atoms. The van der Waals surface area contributed by atoms with Gasteiger partial charge in [-0.05, 0) is 57.9 Å². The van der Waals surface area contributed by atoms with Crippen LogP contribution in [0.2, 0.25) is 0 Å². The Labute approximate surface area is 388 Å². The number of aliphatic hydroxyl groups excluding tert-OH is 6. The molecule has 3 aliphatic rings. The van der Waals surface area contributed by atoms with E-state index in [2.05, 4.69) is 10.6 Å². The molecule has 2 amide bonds. The second kappa shape index (κ2) is 22.6. The number of ether oxygens (including phenoxy) is 6. The van der Waals surface area contributed by atoms with Crippen LogP contribution in [-0.2, 0) is 48.6 Å². The number of esters is 2. The predicted molar refractivity (Wildman–Crippen MR) is 238 cm³/mol. The molecule has 0 saturated carbocycles. The van der Waals surface area contributed by atoms with Crippen molar-refractivity contribution in [1.29, 1.82) is 0 Å². The Balaban J connectivity index is 1.18. The Hall–Kier alpha value is -5.38. The van der Waals surface area contributed by atoms with Crippen molar-refractivity contribution in [2.75, 3.05) is 19.8 Å².